The molecule has 2 N–H and O–H groups in total. The average molecular weight is 270 g/mol. The molecule has 1 rings (SSSR count). The van der Waals surface area contributed by atoms with Crippen LogP contribution in [0.2, 0.25) is 0 Å². The van der Waals surface area contributed by atoms with Gasteiger partial charge in [-0.3, -0.25) is 4.57 Å². The third-order valence-electron chi connectivity index (χ3n) is 3.25. The molecule has 0 bridgehead atoms. The molecule has 0 saturated carbocycles. The van der Waals surface area contributed by atoms with Gasteiger partial charge in [-0.25, -0.2) is 0 Å². The number of imidazole rings is 1. The first-order valence-electron chi connectivity index (χ1n) is 6.23. The highest BCUT2D eigenvalue weighted by Crippen LogP contribution is 2.30. The van der Waals surface area contributed by atoms with Crippen LogP contribution in [-0.4, -0.2) is 32.2 Å². The summed E-state index contributed by atoms with van der Waals surface area (Å²) in [4.78, 5) is 14.5. The molecule has 1 aromatic rings. The summed E-state index contributed by atoms with van der Waals surface area (Å²) < 4.78 is 1.66. The Morgan fingerprint density at radius 3 is 2.53 bits per heavy atom. The molecule has 108 valence electrons. The smallest absolute Gasteiger partial charge is 0.396 e. The first kappa shape index (κ1) is 15.4. The average Bonchev–Trinajstić information content (AvgIpc) is 2.55. The maximum absolute atomic E-state index is 11.0. The molecule has 0 aliphatic heterocycles. The molecular formula is C12H22N4O3. The number of nitrogens with one attached hydrogen (secondary N) is 1. The van der Waals surface area contributed by atoms with Gasteiger partial charge in [-0.05, 0) is 21.7 Å². The van der Waals surface area contributed by atoms with Crippen LogP contribution < -0.4 is 5.32 Å². The fraction of sp³-hybridized carbons (Fsp3) is 0.750. The van der Waals surface area contributed by atoms with Crippen LogP contribution in [0, 0.1) is 22.5 Å². The summed E-state index contributed by atoms with van der Waals surface area (Å²) in [6.07, 6.45) is 0.519. The monoisotopic (exact) mass is 270 g/mol. The van der Waals surface area contributed by atoms with Gasteiger partial charge in [0.2, 0.25) is 11.6 Å². The third kappa shape index (κ3) is 3.44. The molecule has 0 aliphatic rings. The van der Waals surface area contributed by atoms with Crippen molar-refractivity contribution < 1.29 is 10.0 Å². The highest BCUT2D eigenvalue weighted by Gasteiger charge is 2.30. The Morgan fingerprint density at radius 2 is 2.11 bits per heavy atom. The number of hydrogen-bond donors (Lipinski definition) is 2. The standard InChI is InChI=1S/C12H22N4O3/c1-8-13-11(16(18)19)10(15(8)5)14-9(6-7-17)12(2,3)4/h9,14,17H,6-7H2,1-5H3. The second-order valence-corrected chi connectivity index (χ2v) is 5.72. The van der Waals surface area contributed by atoms with E-state index in [0.717, 1.165) is 0 Å². The van der Waals surface area contributed by atoms with Crippen molar-refractivity contribution in [1.29, 1.82) is 0 Å². The largest absolute Gasteiger partial charge is 0.406 e. The Kier molecular flexibility index (Phi) is 4.52. The van der Waals surface area contributed by atoms with E-state index >= 15 is 0 Å². The van der Waals surface area contributed by atoms with Crippen LogP contribution in [0.3, 0.4) is 0 Å². The van der Waals surface area contributed by atoms with E-state index in [1.165, 1.54) is 0 Å². The van der Waals surface area contributed by atoms with Crippen LogP contribution in [-0.2, 0) is 7.05 Å². The maximum Gasteiger partial charge on any atom is 0.406 e. The number of aliphatic hydroxyl groups excluding tert-OH is 1. The second kappa shape index (κ2) is 5.56. The van der Waals surface area contributed by atoms with Crippen molar-refractivity contribution in [2.75, 3.05) is 11.9 Å². The van der Waals surface area contributed by atoms with Crippen LogP contribution in [0.5, 0.6) is 0 Å². The maximum atomic E-state index is 11.0. The Bertz CT molecular complexity index is 462. The summed E-state index contributed by atoms with van der Waals surface area (Å²) >= 11 is 0. The van der Waals surface area contributed by atoms with Gasteiger partial charge in [0, 0.05) is 26.6 Å². The number of rotatable bonds is 5. The number of nitrogens with zero attached hydrogens (tertiary/aromatic N) is 3. The molecule has 0 saturated heterocycles. The van der Waals surface area contributed by atoms with E-state index < -0.39 is 4.92 Å². The summed E-state index contributed by atoms with van der Waals surface area (Å²) in [6, 6.07) is -0.0778. The normalized spacial score (nSPS) is 13.4. The molecular weight excluding hydrogens is 248 g/mol. The van der Waals surface area contributed by atoms with Gasteiger partial charge in [-0.15, -0.1) is 0 Å². The second-order valence-electron chi connectivity index (χ2n) is 5.72. The van der Waals surface area contributed by atoms with Gasteiger partial charge in [-0.2, -0.15) is 0 Å². The minimum atomic E-state index is -0.492. The van der Waals surface area contributed by atoms with Gasteiger partial charge >= 0.3 is 5.82 Å². The van der Waals surface area contributed by atoms with E-state index in [0.29, 0.717) is 18.1 Å². The van der Waals surface area contributed by atoms with E-state index in [9.17, 15) is 10.1 Å². The molecule has 7 heteroatoms. The lowest BCUT2D eigenvalue weighted by Gasteiger charge is -2.31. The van der Waals surface area contributed by atoms with Crippen LogP contribution in [0.25, 0.3) is 0 Å². The van der Waals surface area contributed by atoms with Crippen molar-refractivity contribution in [2.24, 2.45) is 12.5 Å². The Labute approximate surface area is 112 Å². The first-order valence-corrected chi connectivity index (χ1v) is 6.23. The fourth-order valence-corrected chi connectivity index (χ4v) is 1.90. The van der Waals surface area contributed by atoms with E-state index in [4.69, 9.17) is 5.11 Å². The summed E-state index contributed by atoms with van der Waals surface area (Å²) in [6.45, 7) is 7.82. The number of hydrogen-bond acceptors (Lipinski definition) is 5. The molecule has 1 unspecified atom stereocenters. The van der Waals surface area contributed by atoms with Gasteiger partial charge in [-0.1, -0.05) is 20.8 Å². The molecule has 19 heavy (non-hydrogen) atoms. The molecule has 0 amide bonds. The number of aliphatic hydroxyl groups is 1. The molecule has 0 spiro atoms. The van der Waals surface area contributed by atoms with Crippen molar-refractivity contribution in [3.63, 3.8) is 0 Å². The topological polar surface area (TPSA) is 93.2 Å². The number of aryl methyl sites for hydroxylation is 1. The van der Waals surface area contributed by atoms with Crippen molar-refractivity contribution in [3.8, 4) is 0 Å². The lowest BCUT2D eigenvalue weighted by Crippen LogP contribution is -2.35. The van der Waals surface area contributed by atoms with Gasteiger partial charge in [0.05, 0.1) is 0 Å². The Balaban J connectivity index is 3.12. The number of anilines is 1. The zero-order valence-corrected chi connectivity index (χ0v) is 12.1. The fourth-order valence-electron chi connectivity index (χ4n) is 1.90. The highest BCUT2D eigenvalue weighted by atomic mass is 16.6. The third-order valence-corrected chi connectivity index (χ3v) is 3.25. The van der Waals surface area contributed by atoms with Gasteiger partial charge in [0.1, 0.15) is 0 Å². The van der Waals surface area contributed by atoms with Crippen LogP contribution in [0.1, 0.15) is 33.0 Å². The summed E-state index contributed by atoms with van der Waals surface area (Å²) in [5, 5.41) is 23.3. The molecule has 7 nitrogen and oxygen atoms in total. The zero-order valence-electron chi connectivity index (χ0n) is 12.1. The zero-order chi connectivity index (χ0) is 14.8. The highest BCUT2D eigenvalue weighted by molar-refractivity contribution is 5.54. The predicted molar refractivity (Wildman–Crippen MR) is 73.2 cm³/mol. The molecule has 0 aliphatic carbocycles. The summed E-state index contributed by atoms with van der Waals surface area (Å²) in [5.74, 6) is 0.786. The van der Waals surface area contributed by atoms with Crippen LogP contribution in [0.15, 0.2) is 0 Å². The van der Waals surface area contributed by atoms with Crippen molar-refractivity contribution in [3.05, 3.63) is 15.9 Å². The molecule has 1 heterocycles. The SMILES string of the molecule is Cc1nc([N+](=O)[O-])c(NC(CCO)C(C)(C)C)n1C. The van der Waals surface area contributed by atoms with Gasteiger partial charge < -0.3 is 20.5 Å². The Morgan fingerprint density at radius 1 is 1.53 bits per heavy atom. The van der Waals surface area contributed by atoms with Gasteiger partial charge in [0.15, 0.2) is 0 Å². The summed E-state index contributed by atoms with van der Waals surface area (Å²) in [5.41, 5.74) is -0.130. The molecule has 0 fully saturated rings. The molecule has 1 atom stereocenters. The quantitative estimate of drug-likeness (QED) is 0.629. The molecule has 0 aromatic carbocycles. The lowest BCUT2D eigenvalue weighted by molar-refractivity contribution is -0.388. The van der Waals surface area contributed by atoms with E-state index in [2.05, 4.69) is 10.3 Å². The van der Waals surface area contributed by atoms with E-state index in [1.54, 1.807) is 18.5 Å². The summed E-state index contributed by atoms with van der Waals surface area (Å²) in [7, 11) is 1.73. The van der Waals surface area contributed by atoms with E-state index in [-0.39, 0.29) is 23.9 Å². The van der Waals surface area contributed by atoms with Crippen molar-refractivity contribution in [1.82, 2.24) is 9.55 Å². The molecule has 1 aromatic heterocycles. The number of aromatic nitrogens is 2. The van der Waals surface area contributed by atoms with E-state index in [1.807, 2.05) is 20.8 Å². The predicted octanol–water partition coefficient (Wildman–Crippen LogP) is 1.85. The molecule has 0 radical (unpaired) electrons. The van der Waals surface area contributed by atoms with Gasteiger partial charge in [0.25, 0.3) is 0 Å². The minimum absolute atomic E-state index is 0.0273. The number of nitro groups is 1. The van der Waals surface area contributed by atoms with Crippen molar-refractivity contribution in [2.45, 2.75) is 40.2 Å². The minimum Gasteiger partial charge on any atom is -0.396 e. The first-order chi connectivity index (χ1) is 8.68. The van der Waals surface area contributed by atoms with Crippen LogP contribution in [0.4, 0.5) is 11.6 Å². The van der Waals surface area contributed by atoms with Crippen LogP contribution >= 0.6 is 0 Å². The Hall–Kier alpha value is -1.63. The lowest BCUT2D eigenvalue weighted by atomic mass is 9.85. The van der Waals surface area contributed by atoms with Crippen molar-refractivity contribution >= 4 is 11.6 Å².